The maximum atomic E-state index is 11.2. The SMILES string of the molecule is CC(=O)NC1COC(CO)C(O)C1OC(=O)CS. The van der Waals surface area contributed by atoms with Gasteiger partial charge >= 0.3 is 5.97 Å². The van der Waals surface area contributed by atoms with Crippen molar-refractivity contribution >= 4 is 24.5 Å². The zero-order valence-corrected chi connectivity index (χ0v) is 10.8. The van der Waals surface area contributed by atoms with Crippen molar-refractivity contribution in [3.8, 4) is 0 Å². The first kappa shape index (κ1) is 15.2. The molecule has 0 aromatic rings. The number of aliphatic hydroxyl groups excluding tert-OH is 2. The number of carbonyl (C=O) groups is 2. The van der Waals surface area contributed by atoms with Gasteiger partial charge in [0, 0.05) is 6.92 Å². The fourth-order valence-electron chi connectivity index (χ4n) is 1.76. The van der Waals surface area contributed by atoms with Crippen LogP contribution in [0, 0.1) is 0 Å². The average Bonchev–Trinajstić information content (AvgIpc) is 2.33. The lowest BCUT2D eigenvalue weighted by Crippen LogP contribution is -2.61. The number of hydrogen-bond donors (Lipinski definition) is 4. The van der Waals surface area contributed by atoms with Crippen LogP contribution in [0.25, 0.3) is 0 Å². The molecule has 1 amide bonds. The minimum Gasteiger partial charge on any atom is -0.457 e. The number of carbonyl (C=O) groups excluding carboxylic acids is 2. The van der Waals surface area contributed by atoms with Crippen molar-refractivity contribution in [2.45, 2.75) is 31.3 Å². The van der Waals surface area contributed by atoms with E-state index in [0.29, 0.717) is 0 Å². The van der Waals surface area contributed by atoms with Gasteiger partial charge in [-0.1, -0.05) is 0 Å². The van der Waals surface area contributed by atoms with Crippen LogP contribution in [0.3, 0.4) is 0 Å². The number of thiol groups is 1. The first-order valence-corrected chi connectivity index (χ1v) is 6.10. The number of ether oxygens (including phenoxy) is 2. The molecule has 1 saturated heterocycles. The first-order chi connectivity index (χ1) is 8.49. The summed E-state index contributed by atoms with van der Waals surface area (Å²) >= 11 is 3.77. The average molecular weight is 279 g/mol. The van der Waals surface area contributed by atoms with E-state index in [4.69, 9.17) is 14.6 Å². The van der Waals surface area contributed by atoms with Crippen LogP contribution in [0.2, 0.25) is 0 Å². The Balaban J connectivity index is 2.76. The van der Waals surface area contributed by atoms with Gasteiger partial charge in [0.05, 0.1) is 25.0 Å². The van der Waals surface area contributed by atoms with Crippen molar-refractivity contribution in [3.05, 3.63) is 0 Å². The van der Waals surface area contributed by atoms with Gasteiger partial charge in [0.25, 0.3) is 0 Å². The van der Waals surface area contributed by atoms with E-state index < -0.39 is 36.9 Å². The Kier molecular flexibility index (Phi) is 5.86. The third-order valence-corrected chi connectivity index (χ3v) is 2.83. The molecule has 1 aliphatic rings. The fourth-order valence-corrected chi connectivity index (χ4v) is 1.83. The van der Waals surface area contributed by atoms with Crippen molar-refractivity contribution in [1.82, 2.24) is 5.32 Å². The molecule has 4 unspecified atom stereocenters. The molecule has 0 aromatic carbocycles. The molecule has 1 heterocycles. The van der Waals surface area contributed by atoms with E-state index in [2.05, 4.69) is 17.9 Å². The van der Waals surface area contributed by atoms with E-state index in [-0.39, 0.29) is 18.3 Å². The molecule has 104 valence electrons. The molecular formula is C10H17NO6S. The molecular weight excluding hydrogens is 262 g/mol. The number of nitrogens with one attached hydrogen (secondary N) is 1. The standard InChI is InChI=1S/C10H17NO6S/c1-5(13)11-6-3-16-7(2-12)9(15)10(6)17-8(14)4-18/h6-7,9-10,12,15,18H,2-4H2,1H3,(H,11,13). The second kappa shape index (κ2) is 6.93. The van der Waals surface area contributed by atoms with Crippen molar-refractivity contribution < 1.29 is 29.3 Å². The van der Waals surface area contributed by atoms with E-state index in [1.54, 1.807) is 0 Å². The summed E-state index contributed by atoms with van der Waals surface area (Å²) in [6, 6.07) is -0.649. The lowest BCUT2D eigenvalue weighted by molar-refractivity contribution is -0.188. The predicted octanol–water partition coefficient (Wildman–Crippen LogP) is -1.92. The lowest BCUT2D eigenvalue weighted by Gasteiger charge is -2.39. The Hall–Kier alpha value is -0.830. The van der Waals surface area contributed by atoms with Crippen LogP contribution in [0.1, 0.15) is 6.92 Å². The van der Waals surface area contributed by atoms with Crippen LogP contribution < -0.4 is 5.32 Å². The van der Waals surface area contributed by atoms with Gasteiger partial charge < -0.3 is 25.0 Å². The van der Waals surface area contributed by atoms with Gasteiger partial charge in [0.15, 0.2) is 6.10 Å². The highest BCUT2D eigenvalue weighted by Gasteiger charge is 2.42. The normalized spacial score (nSPS) is 31.8. The van der Waals surface area contributed by atoms with Crippen LogP contribution in [0.4, 0.5) is 0 Å². The fraction of sp³-hybridized carbons (Fsp3) is 0.800. The van der Waals surface area contributed by atoms with Gasteiger partial charge in [0.1, 0.15) is 12.2 Å². The van der Waals surface area contributed by atoms with Crippen LogP contribution in [0.5, 0.6) is 0 Å². The summed E-state index contributed by atoms with van der Waals surface area (Å²) in [6.07, 6.45) is -3.00. The molecule has 0 aliphatic carbocycles. The van der Waals surface area contributed by atoms with E-state index in [0.717, 1.165) is 0 Å². The Morgan fingerprint density at radius 1 is 1.56 bits per heavy atom. The monoisotopic (exact) mass is 279 g/mol. The maximum Gasteiger partial charge on any atom is 0.316 e. The summed E-state index contributed by atoms with van der Waals surface area (Å²) in [4.78, 5) is 22.2. The Labute approximate surface area is 110 Å². The van der Waals surface area contributed by atoms with Crippen molar-refractivity contribution in [2.75, 3.05) is 19.0 Å². The zero-order valence-electron chi connectivity index (χ0n) is 9.91. The van der Waals surface area contributed by atoms with Crippen LogP contribution in [-0.4, -0.2) is 65.4 Å². The van der Waals surface area contributed by atoms with Crippen molar-refractivity contribution in [1.29, 1.82) is 0 Å². The highest BCUT2D eigenvalue weighted by molar-refractivity contribution is 7.81. The molecule has 0 saturated carbocycles. The van der Waals surface area contributed by atoms with Gasteiger partial charge in [0.2, 0.25) is 5.91 Å². The number of aliphatic hydroxyl groups is 2. The van der Waals surface area contributed by atoms with E-state index in [1.165, 1.54) is 6.92 Å². The second-order valence-corrected chi connectivity index (χ2v) is 4.28. The zero-order chi connectivity index (χ0) is 13.7. The summed E-state index contributed by atoms with van der Waals surface area (Å²) < 4.78 is 10.2. The van der Waals surface area contributed by atoms with Crippen LogP contribution >= 0.6 is 12.6 Å². The molecule has 4 atom stereocenters. The molecule has 8 heteroatoms. The molecule has 18 heavy (non-hydrogen) atoms. The highest BCUT2D eigenvalue weighted by Crippen LogP contribution is 2.19. The third kappa shape index (κ3) is 3.84. The summed E-state index contributed by atoms with van der Waals surface area (Å²) in [5, 5.41) is 21.5. The number of hydrogen-bond acceptors (Lipinski definition) is 7. The van der Waals surface area contributed by atoms with Gasteiger partial charge in [-0.2, -0.15) is 12.6 Å². The van der Waals surface area contributed by atoms with E-state index in [9.17, 15) is 14.7 Å². The smallest absolute Gasteiger partial charge is 0.316 e. The largest absolute Gasteiger partial charge is 0.457 e. The van der Waals surface area contributed by atoms with Gasteiger partial charge in [-0.15, -0.1) is 0 Å². The molecule has 7 nitrogen and oxygen atoms in total. The maximum absolute atomic E-state index is 11.2. The van der Waals surface area contributed by atoms with Gasteiger partial charge in [-0.05, 0) is 0 Å². The summed E-state index contributed by atoms with van der Waals surface area (Å²) in [5.41, 5.74) is 0. The van der Waals surface area contributed by atoms with Gasteiger partial charge in [-0.25, -0.2) is 0 Å². The Morgan fingerprint density at radius 2 is 2.22 bits per heavy atom. The number of esters is 1. The summed E-state index contributed by atoms with van der Waals surface area (Å²) in [5.74, 6) is -1.08. The highest BCUT2D eigenvalue weighted by atomic mass is 32.1. The summed E-state index contributed by atoms with van der Waals surface area (Å²) in [6.45, 7) is 0.956. The predicted molar refractivity (Wildman–Crippen MR) is 64.2 cm³/mol. The van der Waals surface area contributed by atoms with E-state index >= 15 is 0 Å². The molecule has 1 rings (SSSR count). The minimum absolute atomic E-state index is 0.0480. The Morgan fingerprint density at radius 3 is 2.72 bits per heavy atom. The number of rotatable bonds is 4. The van der Waals surface area contributed by atoms with E-state index in [1.807, 2.05) is 0 Å². The molecule has 0 bridgehead atoms. The number of amides is 1. The minimum atomic E-state index is -1.20. The first-order valence-electron chi connectivity index (χ1n) is 5.47. The van der Waals surface area contributed by atoms with Crippen LogP contribution in [0.15, 0.2) is 0 Å². The third-order valence-electron chi connectivity index (χ3n) is 2.57. The van der Waals surface area contributed by atoms with Crippen LogP contribution in [-0.2, 0) is 19.1 Å². The van der Waals surface area contributed by atoms with Gasteiger partial charge in [-0.3, -0.25) is 9.59 Å². The molecule has 3 N–H and O–H groups in total. The molecule has 1 fully saturated rings. The molecule has 0 aromatic heterocycles. The van der Waals surface area contributed by atoms with Crippen molar-refractivity contribution in [3.63, 3.8) is 0 Å². The summed E-state index contributed by atoms with van der Waals surface area (Å²) in [7, 11) is 0. The topological polar surface area (TPSA) is 105 Å². The molecule has 0 spiro atoms. The quantitative estimate of drug-likeness (QED) is 0.353. The molecule has 0 radical (unpaired) electrons. The van der Waals surface area contributed by atoms with Crippen molar-refractivity contribution in [2.24, 2.45) is 0 Å². The molecule has 1 aliphatic heterocycles. The second-order valence-electron chi connectivity index (χ2n) is 3.96. The Bertz CT molecular complexity index is 313. The lowest BCUT2D eigenvalue weighted by atomic mass is 9.98.